The number of ether oxygens (including phenoxy) is 1. The van der Waals surface area contributed by atoms with Gasteiger partial charge < -0.3 is 9.15 Å². The van der Waals surface area contributed by atoms with E-state index >= 15 is 0 Å². The summed E-state index contributed by atoms with van der Waals surface area (Å²) in [4.78, 5) is 16.4. The van der Waals surface area contributed by atoms with Crippen molar-refractivity contribution in [3.63, 3.8) is 0 Å². The molecular formula is C23H27N3O5S. The Balaban J connectivity index is 1.39. The van der Waals surface area contributed by atoms with Crippen molar-refractivity contribution < 1.29 is 22.4 Å². The van der Waals surface area contributed by atoms with Crippen LogP contribution in [-0.4, -0.2) is 61.4 Å². The molecule has 8 nitrogen and oxygen atoms in total. The van der Waals surface area contributed by atoms with Crippen LogP contribution in [0.3, 0.4) is 0 Å². The van der Waals surface area contributed by atoms with Crippen molar-refractivity contribution in [2.45, 2.75) is 24.4 Å². The summed E-state index contributed by atoms with van der Waals surface area (Å²) in [5, 5.41) is 0. The SMILES string of the molecule is COC(=O)c1ccc(CN2CCCN(Cc3cccn3S(=O)(=O)c3ccccc3)CC2)o1. The van der Waals surface area contributed by atoms with E-state index in [0.717, 1.165) is 44.1 Å². The zero-order valence-electron chi connectivity index (χ0n) is 18.0. The number of aromatic nitrogens is 1. The summed E-state index contributed by atoms with van der Waals surface area (Å²) < 4.78 is 37.7. The topological polar surface area (TPSA) is 85.0 Å². The molecule has 4 rings (SSSR count). The van der Waals surface area contributed by atoms with Gasteiger partial charge in [0.1, 0.15) is 5.76 Å². The number of carbonyl (C=O) groups excluding carboxylic acids is 1. The molecule has 1 fully saturated rings. The molecule has 0 saturated carbocycles. The molecule has 2 aromatic heterocycles. The van der Waals surface area contributed by atoms with Crippen LogP contribution >= 0.6 is 0 Å². The van der Waals surface area contributed by atoms with Crippen LogP contribution in [0.25, 0.3) is 0 Å². The summed E-state index contributed by atoms with van der Waals surface area (Å²) in [5.41, 5.74) is 0.746. The lowest BCUT2D eigenvalue weighted by Gasteiger charge is -2.22. The van der Waals surface area contributed by atoms with Crippen LogP contribution < -0.4 is 0 Å². The first-order chi connectivity index (χ1) is 15.5. The molecule has 32 heavy (non-hydrogen) atoms. The van der Waals surface area contributed by atoms with Gasteiger partial charge in [-0.1, -0.05) is 18.2 Å². The molecule has 3 aromatic rings. The van der Waals surface area contributed by atoms with Gasteiger partial charge in [-0.15, -0.1) is 0 Å². The Kier molecular flexibility index (Phi) is 6.78. The molecule has 0 unspecified atom stereocenters. The Labute approximate surface area is 188 Å². The maximum Gasteiger partial charge on any atom is 0.373 e. The van der Waals surface area contributed by atoms with Gasteiger partial charge in [0, 0.05) is 31.5 Å². The molecule has 170 valence electrons. The van der Waals surface area contributed by atoms with E-state index in [4.69, 9.17) is 4.42 Å². The highest BCUT2D eigenvalue weighted by atomic mass is 32.2. The van der Waals surface area contributed by atoms with Crippen LogP contribution in [0.15, 0.2) is 70.1 Å². The standard InChI is InChI=1S/C23H27N3O5S/c1-30-23(27)22-11-10-20(31-22)18-25-13-6-12-24(15-16-25)17-19-7-5-14-26(19)32(28,29)21-8-3-2-4-9-21/h2-5,7-11,14H,6,12-13,15-18H2,1H3. The number of methoxy groups -OCH3 is 1. The van der Waals surface area contributed by atoms with Gasteiger partial charge >= 0.3 is 5.97 Å². The van der Waals surface area contributed by atoms with Crippen molar-refractivity contribution in [1.82, 2.24) is 13.8 Å². The minimum Gasteiger partial charge on any atom is -0.463 e. The highest BCUT2D eigenvalue weighted by Gasteiger charge is 2.22. The summed E-state index contributed by atoms with van der Waals surface area (Å²) in [7, 11) is -2.29. The number of hydrogen-bond acceptors (Lipinski definition) is 7. The summed E-state index contributed by atoms with van der Waals surface area (Å²) in [6.07, 6.45) is 2.56. The molecule has 1 aromatic carbocycles. The Bertz CT molecular complexity index is 1150. The predicted octanol–water partition coefficient (Wildman–Crippen LogP) is 2.81. The quantitative estimate of drug-likeness (QED) is 0.505. The zero-order chi connectivity index (χ0) is 22.6. The van der Waals surface area contributed by atoms with Gasteiger partial charge in [-0.3, -0.25) is 9.80 Å². The second kappa shape index (κ2) is 9.72. The number of carbonyl (C=O) groups is 1. The van der Waals surface area contributed by atoms with Gasteiger partial charge in [-0.05, 0) is 55.9 Å². The normalized spacial score (nSPS) is 16.0. The summed E-state index contributed by atoms with van der Waals surface area (Å²) >= 11 is 0. The minimum absolute atomic E-state index is 0.208. The predicted molar refractivity (Wildman–Crippen MR) is 119 cm³/mol. The Morgan fingerprint density at radius 3 is 2.38 bits per heavy atom. The van der Waals surface area contributed by atoms with Crippen LogP contribution in [0, 0.1) is 0 Å². The molecule has 0 amide bonds. The molecule has 3 heterocycles. The number of hydrogen-bond donors (Lipinski definition) is 0. The van der Waals surface area contributed by atoms with Crippen molar-refractivity contribution in [2.24, 2.45) is 0 Å². The maximum atomic E-state index is 13.0. The third-order valence-electron chi connectivity index (χ3n) is 5.59. The third kappa shape index (κ3) is 4.95. The fourth-order valence-electron chi connectivity index (χ4n) is 3.93. The molecule has 0 spiro atoms. The largest absolute Gasteiger partial charge is 0.463 e. The molecule has 0 bridgehead atoms. The number of nitrogens with zero attached hydrogens (tertiary/aromatic N) is 3. The molecule has 1 aliphatic heterocycles. The Morgan fingerprint density at radius 1 is 0.938 bits per heavy atom. The number of esters is 1. The lowest BCUT2D eigenvalue weighted by Crippen LogP contribution is -2.31. The van der Waals surface area contributed by atoms with Crippen LogP contribution in [0.4, 0.5) is 0 Å². The maximum absolute atomic E-state index is 13.0. The summed E-state index contributed by atoms with van der Waals surface area (Å²) in [5.74, 6) is 0.452. The van der Waals surface area contributed by atoms with E-state index in [9.17, 15) is 13.2 Å². The van der Waals surface area contributed by atoms with Crippen molar-refractivity contribution in [3.05, 3.63) is 78.0 Å². The van der Waals surface area contributed by atoms with E-state index in [1.54, 1.807) is 54.7 Å². The van der Waals surface area contributed by atoms with Gasteiger partial charge in [0.05, 0.1) is 18.6 Å². The molecule has 0 aliphatic carbocycles. The fraction of sp³-hybridized carbons (Fsp3) is 0.348. The first kappa shape index (κ1) is 22.3. The number of benzene rings is 1. The lowest BCUT2D eigenvalue weighted by molar-refractivity contribution is 0.0561. The first-order valence-corrected chi connectivity index (χ1v) is 12.0. The molecule has 0 N–H and O–H groups in total. The minimum atomic E-state index is -3.62. The highest BCUT2D eigenvalue weighted by molar-refractivity contribution is 7.90. The first-order valence-electron chi connectivity index (χ1n) is 10.6. The lowest BCUT2D eigenvalue weighted by atomic mass is 10.3. The van der Waals surface area contributed by atoms with E-state index in [1.807, 2.05) is 6.07 Å². The smallest absolute Gasteiger partial charge is 0.373 e. The van der Waals surface area contributed by atoms with E-state index in [0.29, 0.717) is 13.1 Å². The van der Waals surface area contributed by atoms with Crippen LogP contribution in [-0.2, 0) is 27.8 Å². The second-order valence-corrected chi connectivity index (χ2v) is 9.59. The summed E-state index contributed by atoms with van der Waals surface area (Å²) in [6, 6.07) is 15.6. The molecular weight excluding hydrogens is 430 g/mol. The zero-order valence-corrected chi connectivity index (χ0v) is 18.8. The Morgan fingerprint density at radius 2 is 1.66 bits per heavy atom. The summed E-state index contributed by atoms with van der Waals surface area (Å²) in [6.45, 7) is 4.57. The van der Waals surface area contributed by atoms with Crippen molar-refractivity contribution in [3.8, 4) is 0 Å². The van der Waals surface area contributed by atoms with Crippen LogP contribution in [0.5, 0.6) is 0 Å². The van der Waals surface area contributed by atoms with E-state index in [1.165, 1.54) is 11.1 Å². The van der Waals surface area contributed by atoms with Gasteiger partial charge in [0.25, 0.3) is 10.0 Å². The molecule has 1 aliphatic rings. The molecule has 0 atom stereocenters. The van der Waals surface area contributed by atoms with Crippen LogP contribution in [0.1, 0.15) is 28.4 Å². The van der Waals surface area contributed by atoms with Crippen molar-refractivity contribution in [2.75, 3.05) is 33.3 Å². The third-order valence-corrected chi connectivity index (χ3v) is 7.33. The van der Waals surface area contributed by atoms with E-state index in [-0.39, 0.29) is 10.7 Å². The van der Waals surface area contributed by atoms with Gasteiger partial charge in [-0.2, -0.15) is 0 Å². The number of furan rings is 1. The van der Waals surface area contributed by atoms with Gasteiger partial charge in [0.2, 0.25) is 5.76 Å². The van der Waals surface area contributed by atoms with Gasteiger partial charge in [-0.25, -0.2) is 17.2 Å². The number of rotatable bonds is 7. The van der Waals surface area contributed by atoms with E-state index < -0.39 is 16.0 Å². The molecule has 9 heteroatoms. The average Bonchev–Trinajstić information content (AvgIpc) is 3.41. The Hall–Kier alpha value is -2.88. The van der Waals surface area contributed by atoms with Crippen molar-refractivity contribution >= 4 is 16.0 Å². The monoisotopic (exact) mass is 457 g/mol. The average molecular weight is 458 g/mol. The van der Waals surface area contributed by atoms with E-state index in [2.05, 4.69) is 14.5 Å². The van der Waals surface area contributed by atoms with Crippen molar-refractivity contribution in [1.29, 1.82) is 0 Å². The fourth-order valence-corrected chi connectivity index (χ4v) is 5.31. The second-order valence-electron chi connectivity index (χ2n) is 7.78. The van der Waals surface area contributed by atoms with Crippen LogP contribution in [0.2, 0.25) is 0 Å². The highest BCUT2D eigenvalue weighted by Crippen LogP contribution is 2.19. The molecule has 1 saturated heterocycles. The van der Waals surface area contributed by atoms with Gasteiger partial charge in [0.15, 0.2) is 0 Å². The molecule has 0 radical (unpaired) electrons.